The fraction of sp³-hybridized carbons (Fsp3) is 0.529. The van der Waals surface area contributed by atoms with E-state index in [4.69, 9.17) is 4.74 Å². The van der Waals surface area contributed by atoms with Gasteiger partial charge in [0.1, 0.15) is 12.2 Å². The fourth-order valence-corrected chi connectivity index (χ4v) is 2.99. The lowest BCUT2D eigenvalue weighted by molar-refractivity contribution is -0.142. The Morgan fingerprint density at radius 1 is 1.22 bits per heavy atom. The molecule has 2 heterocycles. The quantitative estimate of drug-likeness (QED) is 0.799. The van der Waals surface area contributed by atoms with Crippen LogP contribution in [0.3, 0.4) is 0 Å². The van der Waals surface area contributed by atoms with Crippen molar-refractivity contribution >= 4 is 22.7 Å². The number of carbonyl (C=O) groups excluding carboxylic acids is 1. The second-order valence-corrected chi connectivity index (χ2v) is 6.03. The van der Waals surface area contributed by atoms with E-state index in [1.165, 1.54) is 5.69 Å². The number of likely N-dealkylation sites (N-methyl/N-ethyl adjacent to an activating group) is 1. The maximum absolute atomic E-state index is 11.7. The topological polar surface area (TPSA) is 50.6 Å². The van der Waals surface area contributed by atoms with E-state index >= 15 is 0 Å². The van der Waals surface area contributed by atoms with Crippen molar-refractivity contribution in [2.75, 3.05) is 44.7 Å². The standard InChI is InChI=1S/C17H24N4O2/c1-4-23-17(22)12-16-18-14-6-5-13(11-15(14)20(16)3)21-9-7-19(2)8-10-21/h5-6,11H,4,7-10,12H2,1-3H3. The average molecular weight is 316 g/mol. The molecular formula is C17H24N4O2. The van der Waals surface area contributed by atoms with Gasteiger partial charge in [-0.1, -0.05) is 0 Å². The van der Waals surface area contributed by atoms with Crippen LogP contribution in [0, 0.1) is 0 Å². The summed E-state index contributed by atoms with van der Waals surface area (Å²) in [6.07, 6.45) is 0.211. The maximum atomic E-state index is 11.7. The van der Waals surface area contributed by atoms with Crippen LogP contribution in [0.1, 0.15) is 12.7 Å². The number of imidazole rings is 1. The molecular weight excluding hydrogens is 292 g/mol. The number of aryl methyl sites for hydroxylation is 1. The highest BCUT2D eigenvalue weighted by Gasteiger charge is 2.17. The fourth-order valence-electron chi connectivity index (χ4n) is 2.99. The lowest BCUT2D eigenvalue weighted by Gasteiger charge is -2.34. The summed E-state index contributed by atoms with van der Waals surface area (Å²) in [5, 5.41) is 0. The van der Waals surface area contributed by atoms with Crippen LogP contribution in [0.5, 0.6) is 0 Å². The molecule has 0 aliphatic carbocycles. The lowest BCUT2D eigenvalue weighted by atomic mass is 10.2. The van der Waals surface area contributed by atoms with Crippen molar-refractivity contribution in [2.24, 2.45) is 7.05 Å². The molecule has 0 saturated carbocycles. The molecule has 0 spiro atoms. The number of carbonyl (C=O) groups is 1. The molecule has 1 aliphatic rings. The molecule has 1 saturated heterocycles. The first-order chi connectivity index (χ1) is 11.1. The Balaban J connectivity index is 1.85. The third kappa shape index (κ3) is 3.32. The molecule has 3 rings (SSSR count). The predicted molar refractivity (Wildman–Crippen MR) is 90.8 cm³/mol. The summed E-state index contributed by atoms with van der Waals surface area (Å²) in [5.41, 5.74) is 3.20. The molecule has 6 nitrogen and oxygen atoms in total. The van der Waals surface area contributed by atoms with E-state index < -0.39 is 0 Å². The minimum absolute atomic E-state index is 0.211. The number of ether oxygens (including phenoxy) is 1. The second-order valence-electron chi connectivity index (χ2n) is 6.03. The van der Waals surface area contributed by atoms with Crippen molar-refractivity contribution in [3.05, 3.63) is 24.0 Å². The van der Waals surface area contributed by atoms with E-state index in [1.807, 2.05) is 24.6 Å². The van der Waals surface area contributed by atoms with Gasteiger partial charge in [-0.05, 0) is 32.2 Å². The zero-order valence-corrected chi connectivity index (χ0v) is 14.1. The highest BCUT2D eigenvalue weighted by molar-refractivity contribution is 5.82. The Bertz CT molecular complexity index is 702. The number of hydrogen-bond acceptors (Lipinski definition) is 5. The van der Waals surface area contributed by atoms with Crippen molar-refractivity contribution in [1.29, 1.82) is 0 Å². The monoisotopic (exact) mass is 316 g/mol. The molecule has 1 aromatic heterocycles. The first-order valence-corrected chi connectivity index (χ1v) is 8.13. The minimum atomic E-state index is -0.231. The lowest BCUT2D eigenvalue weighted by Crippen LogP contribution is -2.44. The zero-order chi connectivity index (χ0) is 16.4. The molecule has 1 aliphatic heterocycles. The van der Waals surface area contributed by atoms with Gasteiger partial charge in [-0.15, -0.1) is 0 Å². The van der Waals surface area contributed by atoms with E-state index in [-0.39, 0.29) is 12.4 Å². The van der Waals surface area contributed by atoms with Crippen LogP contribution in [0.2, 0.25) is 0 Å². The maximum Gasteiger partial charge on any atom is 0.313 e. The van der Waals surface area contributed by atoms with E-state index in [1.54, 1.807) is 0 Å². The van der Waals surface area contributed by atoms with Crippen molar-refractivity contribution in [3.63, 3.8) is 0 Å². The summed E-state index contributed by atoms with van der Waals surface area (Å²) >= 11 is 0. The molecule has 0 amide bonds. The number of anilines is 1. The summed E-state index contributed by atoms with van der Waals surface area (Å²) < 4.78 is 7.01. The van der Waals surface area contributed by atoms with Crippen molar-refractivity contribution in [2.45, 2.75) is 13.3 Å². The summed E-state index contributed by atoms with van der Waals surface area (Å²) in [6, 6.07) is 6.33. The van der Waals surface area contributed by atoms with Crippen LogP contribution < -0.4 is 4.90 Å². The molecule has 0 N–H and O–H groups in total. The number of esters is 1. The molecule has 0 atom stereocenters. The summed E-state index contributed by atoms with van der Waals surface area (Å²) in [7, 11) is 4.11. The van der Waals surface area contributed by atoms with Crippen LogP contribution in [-0.2, 0) is 23.0 Å². The van der Waals surface area contributed by atoms with Crippen LogP contribution in [-0.4, -0.2) is 60.3 Å². The molecule has 0 unspecified atom stereocenters. The Kier molecular flexibility index (Phi) is 4.52. The molecule has 23 heavy (non-hydrogen) atoms. The summed E-state index contributed by atoms with van der Waals surface area (Å²) in [4.78, 5) is 21.0. The normalized spacial score (nSPS) is 16.0. The molecule has 0 radical (unpaired) electrons. The van der Waals surface area contributed by atoms with E-state index in [2.05, 4.69) is 34.0 Å². The molecule has 1 aromatic carbocycles. The Labute approximate surface area is 136 Å². The van der Waals surface area contributed by atoms with Gasteiger partial charge in [0.2, 0.25) is 0 Å². The first kappa shape index (κ1) is 15.8. The molecule has 124 valence electrons. The van der Waals surface area contributed by atoms with Crippen molar-refractivity contribution < 1.29 is 9.53 Å². The third-order valence-corrected chi connectivity index (χ3v) is 4.43. The van der Waals surface area contributed by atoms with Crippen molar-refractivity contribution in [1.82, 2.24) is 14.5 Å². The molecule has 1 fully saturated rings. The average Bonchev–Trinajstić information content (AvgIpc) is 2.84. The molecule has 2 aromatic rings. The van der Waals surface area contributed by atoms with Gasteiger partial charge >= 0.3 is 5.97 Å². The SMILES string of the molecule is CCOC(=O)Cc1nc2ccc(N3CCN(C)CC3)cc2n1C. The summed E-state index contributed by atoms with van der Waals surface area (Å²) in [6.45, 7) is 6.45. The number of benzene rings is 1. The van der Waals surface area contributed by atoms with Crippen molar-refractivity contribution in [3.8, 4) is 0 Å². The molecule has 0 bridgehead atoms. The number of piperazine rings is 1. The van der Waals surface area contributed by atoms with Gasteiger partial charge < -0.3 is 19.1 Å². The van der Waals surface area contributed by atoms with Gasteiger partial charge in [-0.2, -0.15) is 0 Å². The number of hydrogen-bond donors (Lipinski definition) is 0. The van der Waals surface area contributed by atoms with Gasteiger partial charge in [0, 0.05) is 38.9 Å². The minimum Gasteiger partial charge on any atom is -0.466 e. The highest BCUT2D eigenvalue weighted by Crippen LogP contribution is 2.23. The summed E-state index contributed by atoms with van der Waals surface area (Å²) in [5.74, 6) is 0.513. The Morgan fingerprint density at radius 2 is 1.96 bits per heavy atom. The Hall–Kier alpha value is -2.08. The van der Waals surface area contributed by atoms with Gasteiger partial charge in [0.15, 0.2) is 0 Å². The van der Waals surface area contributed by atoms with Gasteiger partial charge in [-0.25, -0.2) is 4.98 Å². The number of nitrogens with zero attached hydrogens (tertiary/aromatic N) is 4. The van der Waals surface area contributed by atoms with E-state index in [0.29, 0.717) is 6.61 Å². The number of aromatic nitrogens is 2. The first-order valence-electron chi connectivity index (χ1n) is 8.13. The largest absolute Gasteiger partial charge is 0.466 e. The van der Waals surface area contributed by atoms with Gasteiger partial charge in [0.05, 0.1) is 17.6 Å². The van der Waals surface area contributed by atoms with Gasteiger partial charge in [0.25, 0.3) is 0 Å². The molecule has 6 heteroatoms. The van der Waals surface area contributed by atoms with E-state index in [0.717, 1.165) is 43.0 Å². The second kappa shape index (κ2) is 6.58. The number of fused-ring (bicyclic) bond motifs is 1. The zero-order valence-electron chi connectivity index (χ0n) is 14.1. The third-order valence-electron chi connectivity index (χ3n) is 4.43. The van der Waals surface area contributed by atoms with Crippen LogP contribution in [0.25, 0.3) is 11.0 Å². The van der Waals surface area contributed by atoms with Gasteiger partial charge in [-0.3, -0.25) is 4.79 Å². The van der Waals surface area contributed by atoms with E-state index in [9.17, 15) is 4.79 Å². The van der Waals surface area contributed by atoms with Crippen LogP contribution >= 0.6 is 0 Å². The smallest absolute Gasteiger partial charge is 0.313 e. The highest BCUT2D eigenvalue weighted by atomic mass is 16.5. The van der Waals surface area contributed by atoms with Crippen LogP contribution in [0.15, 0.2) is 18.2 Å². The predicted octanol–water partition coefficient (Wildman–Crippen LogP) is 1.43. The Morgan fingerprint density at radius 3 is 2.65 bits per heavy atom. The van der Waals surface area contributed by atoms with Crippen LogP contribution in [0.4, 0.5) is 5.69 Å². The number of rotatable bonds is 4.